The van der Waals surface area contributed by atoms with Crippen molar-refractivity contribution >= 4 is 11.6 Å². The van der Waals surface area contributed by atoms with Gasteiger partial charge in [0.15, 0.2) is 0 Å². The lowest BCUT2D eigenvalue weighted by atomic mass is 9.98. The molecule has 5 nitrogen and oxygen atoms in total. The van der Waals surface area contributed by atoms with E-state index in [4.69, 9.17) is 4.98 Å². The molecule has 0 atom stereocenters. The van der Waals surface area contributed by atoms with Gasteiger partial charge in [0, 0.05) is 38.7 Å². The zero-order valence-electron chi connectivity index (χ0n) is 12.6. The molecule has 2 rings (SSSR count). The lowest BCUT2D eigenvalue weighted by molar-refractivity contribution is 0.203. The molecular weight excluding hydrogens is 252 g/mol. The molecule has 2 heterocycles. The van der Waals surface area contributed by atoms with Gasteiger partial charge in [-0.1, -0.05) is 6.92 Å². The molecule has 0 radical (unpaired) electrons. The van der Waals surface area contributed by atoms with Gasteiger partial charge in [-0.25, -0.2) is 9.97 Å². The maximum atomic E-state index is 9.22. The molecule has 1 aromatic rings. The fourth-order valence-electron chi connectivity index (χ4n) is 2.60. The maximum Gasteiger partial charge on any atom is 0.134 e. The third-order valence-corrected chi connectivity index (χ3v) is 3.79. The summed E-state index contributed by atoms with van der Waals surface area (Å²) in [5.74, 6) is 3.32. The molecule has 0 aromatic carbocycles. The number of nitrogens with zero attached hydrogens (tertiary/aromatic N) is 3. The van der Waals surface area contributed by atoms with Crippen molar-refractivity contribution in [3.8, 4) is 0 Å². The molecule has 0 aliphatic carbocycles. The lowest BCUT2D eigenvalue weighted by Gasteiger charge is -2.32. The van der Waals surface area contributed by atoms with Crippen LogP contribution >= 0.6 is 0 Å². The van der Waals surface area contributed by atoms with Gasteiger partial charge in [-0.3, -0.25) is 0 Å². The first kappa shape index (κ1) is 15.0. The van der Waals surface area contributed by atoms with Crippen LogP contribution in [0.1, 0.15) is 38.9 Å². The van der Waals surface area contributed by atoms with Crippen molar-refractivity contribution in [3.05, 3.63) is 11.9 Å². The number of hydrogen-bond acceptors (Lipinski definition) is 5. The van der Waals surface area contributed by atoms with Gasteiger partial charge < -0.3 is 15.3 Å². The molecule has 1 aliphatic rings. The normalized spacial score (nSPS) is 16.4. The van der Waals surface area contributed by atoms with E-state index >= 15 is 0 Å². The highest BCUT2D eigenvalue weighted by Gasteiger charge is 2.20. The van der Waals surface area contributed by atoms with E-state index in [1.54, 1.807) is 0 Å². The van der Waals surface area contributed by atoms with Gasteiger partial charge in [0.1, 0.15) is 17.5 Å². The predicted molar refractivity (Wildman–Crippen MR) is 82.2 cm³/mol. The Bertz CT molecular complexity index is 392. The molecule has 0 unspecified atom stereocenters. The first-order chi connectivity index (χ1) is 9.76. The predicted octanol–water partition coefficient (Wildman–Crippen LogP) is 2.07. The second kappa shape index (κ2) is 7.43. The average Bonchev–Trinajstić information content (AvgIpc) is 2.48. The van der Waals surface area contributed by atoms with E-state index in [-0.39, 0.29) is 0 Å². The van der Waals surface area contributed by atoms with E-state index in [1.165, 1.54) is 0 Å². The number of aromatic nitrogens is 2. The van der Waals surface area contributed by atoms with Crippen molar-refractivity contribution in [3.63, 3.8) is 0 Å². The van der Waals surface area contributed by atoms with Gasteiger partial charge in [-0.15, -0.1) is 0 Å². The van der Waals surface area contributed by atoms with Crippen molar-refractivity contribution < 1.29 is 5.11 Å². The second-order valence-electron chi connectivity index (χ2n) is 5.42. The van der Waals surface area contributed by atoms with Crippen LogP contribution < -0.4 is 10.2 Å². The summed E-state index contributed by atoms with van der Waals surface area (Å²) in [5.41, 5.74) is 0. The number of hydrogen-bond donors (Lipinski definition) is 2. The maximum absolute atomic E-state index is 9.22. The monoisotopic (exact) mass is 278 g/mol. The van der Waals surface area contributed by atoms with E-state index in [9.17, 15) is 5.11 Å². The number of aliphatic hydroxyl groups is 1. The number of rotatable bonds is 6. The molecule has 112 valence electrons. The van der Waals surface area contributed by atoms with E-state index in [2.05, 4.69) is 29.0 Å². The Morgan fingerprint density at radius 1 is 1.30 bits per heavy atom. The number of nitrogens with one attached hydrogen (secondary N) is 1. The van der Waals surface area contributed by atoms with Crippen molar-refractivity contribution in [2.24, 2.45) is 5.92 Å². The summed E-state index contributed by atoms with van der Waals surface area (Å²) in [7, 11) is 0. The number of piperidine rings is 1. The van der Waals surface area contributed by atoms with Crippen molar-refractivity contribution in [2.75, 3.05) is 36.5 Å². The highest BCUT2D eigenvalue weighted by atomic mass is 16.3. The van der Waals surface area contributed by atoms with E-state index < -0.39 is 0 Å². The first-order valence-corrected chi connectivity index (χ1v) is 7.74. The van der Waals surface area contributed by atoms with Crippen molar-refractivity contribution in [2.45, 2.75) is 39.5 Å². The Labute approximate surface area is 121 Å². The van der Waals surface area contributed by atoms with Crippen molar-refractivity contribution in [1.82, 2.24) is 9.97 Å². The van der Waals surface area contributed by atoms with Crippen molar-refractivity contribution in [1.29, 1.82) is 0 Å². The van der Waals surface area contributed by atoms with Crippen LogP contribution in [0, 0.1) is 5.92 Å². The molecule has 0 saturated carbocycles. The number of aliphatic hydroxyl groups excluding tert-OH is 1. The minimum absolute atomic E-state index is 0.307. The largest absolute Gasteiger partial charge is 0.396 e. The highest BCUT2D eigenvalue weighted by Crippen LogP contribution is 2.23. The van der Waals surface area contributed by atoms with Gasteiger partial charge >= 0.3 is 0 Å². The minimum atomic E-state index is 0.307. The molecule has 0 bridgehead atoms. The molecule has 0 amide bonds. The third-order valence-electron chi connectivity index (χ3n) is 3.79. The molecule has 1 saturated heterocycles. The third kappa shape index (κ3) is 3.82. The Kier molecular flexibility index (Phi) is 5.59. The van der Waals surface area contributed by atoms with Crippen LogP contribution in [0.2, 0.25) is 0 Å². The Hall–Kier alpha value is -1.36. The summed E-state index contributed by atoms with van der Waals surface area (Å²) in [6, 6.07) is 2.04. The quantitative estimate of drug-likeness (QED) is 0.834. The van der Waals surface area contributed by atoms with E-state index in [0.717, 1.165) is 62.8 Å². The fourth-order valence-corrected chi connectivity index (χ4v) is 2.60. The average molecular weight is 278 g/mol. The van der Waals surface area contributed by atoms with Crippen LogP contribution in [0.3, 0.4) is 0 Å². The van der Waals surface area contributed by atoms with Gasteiger partial charge in [0.25, 0.3) is 0 Å². The van der Waals surface area contributed by atoms with E-state index in [1.807, 2.05) is 6.07 Å². The number of anilines is 2. The van der Waals surface area contributed by atoms with Gasteiger partial charge in [-0.05, 0) is 32.1 Å². The van der Waals surface area contributed by atoms with Crippen LogP contribution in [0.25, 0.3) is 0 Å². The molecule has 2 N–H and O–H groups in total. The highest BCUT2D eigenvalue weighted by molar-refractivity contribution is 5.49. The first-order valence-electron chi connectivity index (χ1n) is 7.74. The summed E-state index contributed by atoms with van der Waals surface area (Å²) in [6.07, 6.45) is 4.06. The minimum Gasteiger partial charge on any atom is -0.396 e. The summed E-state index contributed by atoms with van der Waals surface area (Å²) in [6.45, 7) is 7.35. The molecular formula is C15H26N4O. The molecule has 20 heavy (non-hydrogen) atoms. The smallest absolute Gasteiger partial charge is 0.134 e. The van der Waals surface area contributed by atoms with Crippen LogP contribution in [-0.4, -0.2) is 41.3 Å². The van der Waals surface area contributed by atoms with Gasteiger partial charge in [0.05, 0.1) is 0 Å². The topological polar surface area (TPSA) is 61.3 Å². The summed E-state index contributed by atoms with van der Waals surface area (Å²) < 4.78 is 0. The second-order valence-corrected chi connectivity index (χ2v) is 5.42. The zero-order valence-corrected chi connectivity index (χ0v) is 12.6. The van der Waals surface area contributed by atoms with Crippen LogP contribution in [0.4, 0.5) is 11.6 Å². The molecule has 0 spiro atoms. The molecule has 5 heteroatoms. The van der Waals surface area contributed by atoms with E-state index in [0.29, 0.717) is 12.5 Å². The van der Waals surface area contributed by atoms with Crippen LogP contribution in [0.5, 0.6) is 0 Å². The SMILES string of the molecule is CCCc1nc(NCC)cc(N2CCC(CO)CC2)n1. The molecule has 1 aliphatic heterocycles. The Morgan fingerprint density at radius 3 is 2.65 bits per heavy atom. The fraction of sp³-hybridized carbons (Fsp3) is 0.733. The Balaban J connectivity index is 2.13. The summed E-state index contributed by atoms with van der Waals surface area (Å²) >= 11 is 0. The zero-order chi connectivity index (χ0) is 14.4. The van der Waals surface area contributed by atoms with Gasteiger partial charge in [0.2, 0.25) is 0 Å². The molecule has 1 fully saturated rings. The molecule has 1 aromatic heterocycles. The summed E-state index contributed by atoms with van der Waals surface area (Å²) in [4.78, 5) is 11.6. The standard InChI is InChI=1S/C15H26N4O/c1-3-5-13-17-14(16-4-2)10-15(18-13)19-8-6-12(11-20)7-9-19/h10,12,20H,3-9,11H2,1-2H3,(H,16,17,18). The summed E-state index contributed by atoms with van der Waals surface area (Å²) in [5, 5.41) is 12.5. The van der Waals surface area contributed by atoms with Crippen LogP contribution in [-0.2, 0) is 6.42 Å². The Morgan fingerprint density at radius 2 is 2.05 bits per heavy atom. The van der Waals surface area contributed by atoms with Gasteiger partial charge in [-0.2, -0.15) is 0 Å². The van der Waals surface area contributed by atoms with Crippen LogP contribution in [0.15, 0.2) is 6.07 Å². The lowest BCUT2D eigenvalue weighted by Crippen LogP contribution is -2.35. The number of aryl methyl sites for hydroxylation is 1.